The highest BCUT2D eigenvalue weighted by Gasteiger charge is 2.20. The van der Waals surface area contributed by atoms with Crippen molar-refractivity contribution in [3.8, 4) is 11.4 Å². The number of para-hydroxylation sites is 2. The van der Waals surface area contributed by atoms with Crippen LogP contribution in [0.3, 0.4) is 0 Å². The number of methoxy groups -OCH3 is 1. The molecule has 0 N–H and O–H groups in total. The standard InChI is InChI=1S/C17H17N3O4/c1-4-24-17(22)12-9-18-20-11(2)10-19(16(21)15(12)20)13-7-5-6-8-14(13)23-3/h5-10H,4H2,1-3H3. The zero-order valence-electron chi connectivity index (χ0n) is 13.6. The summed E-state index contributed by atoms with van der Waals surface area (Å²) in [5.41, 5.74) is 1.25. The molecule has 0 aliphatic carbocycles. The molecule has 0 atom stereocenters. The molecule has 0 radical (unpaired) electrons. The lowest BCUT2D eigenvalue weighted by atomic mass is 10.2. The third-order valence-corrected chi connectivity index (χ3v) is 3.68. The van der Waals surface area contributed by atoms with E-state index in [0.29, 0.717) is 17.1 Å². The molecule has 0 saturated heterocycles. The number of nitrogens with zero attached hydrogens (tertiary/aromatic N) is 3. The van der Waals surface area contributed by atoms with E-state index >= 15 is 0 Å². The van der Waals surface area contributed by atoms with Gasteiger partial charge in [-0.1, -0.05) is 12.1 Å². The summed E-state index contributed by atoms with van der Waals surface area (Å²) in [5.74, 6) is -0.0117. The van der Waals surface area contributed by atoms with Gasteiger partial charge in [0.2, 0.25) is 0 Å². The van der Waals surface area contributed by atoms with Gasteiger partial charge in [-0.2, -0.15) is 5.10 Å². The molecule has 3 rings (SSSR count). The molecular formula is C17H17N3O4. The molecule has 24 heavy (non-hydrogen) atoms. The Morgan fingerprint density at radius 1 is 1.29 bits per heavy atom. The van der Waals surface area contributed by atoms with Crippen LogP contribution in [-0.4, -0.2) is 33.9 Å². The second-order valence-corrected chi connectivity index (χ2v) is 5.16. The van der Waals surface area contributed by atoms with Gasteiger partial charge in [-0.3, -0.25) is 9.36 Å². The lowest BCUT2D eigenvalue weighted by molar-refractivity contribution is 0.0528. The first-order valence-corrected chi connectivity index (χ1v) is 7.49. The summed E-state index contributed by atoms with van der Waals surface area (Å²) in [6, 6.07) is 7.18. The van der Waals surface area contributed by atoms with Crippen molar-refractivity contribution in [2.45, 2.75) is 13.8 Å². The van der Waals surface area contributed by atoms with E-state index in [2.05, 4.69) is 5.10 Å². The molecule has 0 saturated carbocycles. The fourth-order valence-corrected chi connectivity index (χ4v) is 2.60. The van der Waals surface area contributed by atoms with E-state index in [-0.39, 0.29) is 23.2 Å². The van der Waals surface area contributed by atoms with Crippen molar-refractivity contribution >= 4 is 11.5 Å². The van der Waals surface area contributed by atoms with E-state index in [0.717, 1.165) is 0 Å². The van der Waals surface area contributed by atoms with Crippen LogP contribution in [0.4, 0.5) is 0 Å². The zero-order valence-corrected chi connectivity index (χ0v) is 13.6. The third-order valence-electron chi connectivity index (χ3n) is 3.68. The first kappa shape index (κ1) is 15.8. The van der Waals surface area contributed by atoms with E-state index in [4.69, 9.17) is 9.47 Å². The Balaban J connectivity index is 2.32. The summed E-state index contributed by atoms with van der Waals surface area (Å²) in [7, 11) is 1.54. The number of aromatic nitrogens is 3. The van der Waals surface area contributed by atoms with Crippen molar-refractivity contribution < 1.29 is 14.3 Å². The van der Waals surface area contributed by atoms with Crippen LogP contribution in [0.15, 0.2) is 41.5 Å². The van der Waals surface area contributed by atoms with E-state index in [1.807, 2.05) is 12.1 Å². The Bertz CT molecular complexity index is 972. The molecule has 0 amide bonds. The Hall–Kier alpha value is -3.09. The topological polar surface area (TPSA) is 74.8 Å². The van der Waals surface area contributed by atoms with Crippen LogP contribution in [-0.2, 0) is 4.74 Å². The van der Waals surface area contributed by atoms with Crippen LogP contribution in [0.2, 0.25) is 0 Å². The van der Waals surface area contributed by atoms with Crippen LogP contribution in [0.1, 0.15) is 23.0 Å². The molecule has 0 bridgehead atoms. The molecule has 7 heteroatoms. The van der Waals surface area contributed by atoms with E-state index in [1.54, 1.807) is 32.2 Å². The largest absolute Gasteiger partial charge is 0.495 e. The first-order valence-electron chi connectivity index (χ1n) is 7.49. The Kier molecular flexibility index (Phi) is 4.07. The van der Waals surface area contributed by atoms with Crippen molar-refractivity contribution in [2.24, 2.45) is 0 Å². The summed E-state index contributed by atoms with van der Waals surface area (Å²) in [5, 5.41) is 4.13. The maximum absolute atomic E-state index is 13.0. The minimum atomic E-state index is -0.568. The number of hydrogen-bond acceptors (Lipinski definition) is 5. The maximum atomic E-state index is 13.0. The van der Waals surface area contributed by atoms with Gasteiger partial charge in [-0.05, 0) is 26.0 Å². The maximum Gasteiger partial charge on any atom is 0.342 e. The number of esters is 1. The van der Waals surface area contributed by atoms with Gasteiger partial charge < -0.3 is 9.47 Å². The molecular weight excluding hydrogens is 310 g/mol. The van der Waals surface area contributed by atoms with E-state index in [9.17, 15) is 9.59 Å². The monoisotopic (exact) mass is 327 g/mol. The van der Waals surface area contributed by atoms with Crippen molar-refractivity contribution in [1.82, 2.24) is 14.2 Å². The van der Waals surface area contributed by atoms with Crippen LogP contribution < -0.4 is 10.3 Å². The number of benzene rings is 1. The molecule has 2 aromatic heterocycles. The van der Waals surface area contributed by atoms with Gasteiger partial charge in [0.1, 0.15) is 16.8 Å². The first-order chi connectivity index (χ1) is 11.6. The number of fused-ring (bicyclic) bond motifs is 1. The average molecular weight is 327 g/mol. The predicted octanol–water partition coefficient (Wildman–Crippen LogP) is 1.98. The molecule has 0 fully saturated rings. The second kappa shape index (κ2) is 6.19. The molecule has 124 valence electrons. The number of hydrogen-bond donors (Lipinski definition) is 0. The predicted molar refractivity (Wildman–Crippen MR) is 88.0 cm³/mol. The van der Waals surface area contributed by atoms with Crippen LogP contribution in [0.5, 0.6) is 5.75 Å². The van der Waals surface area contributed by atoms with Gasteiger partial charge in [-0.25, -0.2) is 9.31 Å². The van der Waals surface area contributed by atoms with Gasteiger partial charge in [0, 0.05) is 6.20 Å². The van der Waals surface area contributed by atoms with Crippen LogP contribution in [0, 0.1) is 6.92 Å². The highest BCUT2D eigenvalue weighted by Crippen LogP contribution is 2.22. The lowest BCUT2D eigenvalue weighted by Gasteiger charge is -2.12. The molecule has 2 heterocycles. The fraction of sp³-hybridized carbons (Fsp3) is 0.235. The summed E-state index contributed by atoms with van der Waals surface area (Å²) in [4.78, 5) is 25.1. The number of aryl methyl sites for hydroxylation is 1. The molecule has 0 aliphatic rings. The minimum absolute atomic E-state index is 0.147. The van der Waals surface area contributed by atoms with E-state index in [1.165, 1.54) is 22.4 Å². The fourth-order valence-electron chi connectivity index (χ4n) is 2.60. The Morgan fingerprint density at radius 2 is 2.04 bits per heavy atom. The van der Waals surface area contributed by atoms with Crippen molar-refractivity contribution in [3.05, 3.63) is 58.3 Å². The zero-order chi connectivity index (χ0) is 17.3. The van der Waals surface area contributed by atoms with Gasteiger partial charge in [0.25, 0.3) is 5.56 Å². The minimum Gasteiger partial charge on any atom is -0.495 e. The number of rotatable bonds is 4. The SMILES string of the molecule is CCOC(=O)c1cnn2c(C)cn(-c3ccccc3OC)c(=O)c12. The van der Waals surface area contributed by atoms with Crippen LogP contribution >= 0.6 is 0 Å². The number of ether oxygens (including phenoxy) is 2. The molecule has 3 aromatic rings. The molecule has 0 unspecified atom stereocenters. The number of carbonyl (C=O) groups is 1. The highest BCUT2D eigenvalue weighted by atomic mass is 16.5. The molecule has 7 nitrogen and oxygen atoms in total. The van der Waals surface area contributed by atoms with E-state index < -0.39 is 5.97 Å². The van der Waals surface area contributed by atoms with Gasteiger partial charge in [0.05, 0.1) is 31.3 Å². The van der Waals surface area contributed by atoms with Gasteiger partial charge in [-0.15, -0.1) is 0 Å². The van der Waals surface area contributed by atoms with Crippen molar-refractivity contribution in [2.75, 3.05) is 13.7 Å². The second-order valence-electron chi connectivity index (χ2n) is 5.16. The van der Waals surface area contributed by atoms with Crippen molar-refractivity contribution in [1.29, 1.82) is 0 Å². The molecule has 1 aromatic carbocycles. The smallest absolute Gasteiger partial charge is 0.342 e. The number of carbonyl (C=O) groups excluding carboxylic acids is 1. The summed E-state index contributed by atoms with van der Waals surface area (Å²) in [6.45, 7) is 3.74. The summed E-state index contributed by atoms with van der Waals surface area (Å²) >= 11 is 0. The lowest BCUT2D eigenvalue weighted by Crippen LogP contribution is -2.23. The van der Waals surface area contributed by atoms with Gasteiger partial charge in [0.15, 0.2) is 0 Å². The Labute approximate surface area is 138 Å². The van der Waals surface area contributed by atoms with Crippen LogP contribution in [0.25, 0.3) is 11.2 Å². The highest BCUT2D eigenvalue weighted by molar-refractivity contribution is 5.96. The molecule has 0 spiro atoms. The summed E-state index contributed by atoms with van der Waals surface area (Å²) in [6.07, 6.45) is 3.02. The average Bonchev–Trinajstić information content (AvgIpc) is 3.04. The quantitative estimate of drug-likeness (QED) is 0.685. The summed E-state index contributed by atoms with van der Waals surface area (Å²) < 4.78 is 13.2. The van der Waals surface area contributed by atoms with Crippen molar-refractivity contribution in [3.63, 3.8) is 0 Å². The third kappa shape index (κ3) is 2.44. The normalized spacial score (nSPS) is 10.8. The molecule has 0 aliphatic heterocycles. The Morgan fingerprint density at radius 3 is 2.75 bits per heavy atom. The van der Waals surface area contributed by atoms with Gasteiger partial charge >= 0.3 is 5.97 Å².